The number of ketones is 1. The van der Waals surface area contributed by atoms with Gasteiger partial charge in [-0.05, 0) is 31.4 Å². The summed E-state index contributed by atoms with van der Waals surface area (Å²) in [6.07, 6.45) is 0. The number of benzene rings is 1. The first kappa shape index (κ1) is 14.3. The van der Waals surface area contributed by atoms with Crippen molar-refractivity contribution in [1.29, 1.82) is 0 Å². The third-order valence-corrected chi connectivity index (χ3v) is 2.97. The van der Waals surface area contributed by atoms with Gasteiger partial charge in [-0.3, -0.25) is 4.79 Å². The maximum Gasteiger partial charge on any atom is 0.158 e. The zero-order valence-electron chi connectivity index (χ0n) is 11.7. The molecular weight excluding hydrogens is 226 g/mol. The van der Waals surface area contributed by atoms with E-state index in [9.17, 15) is 4.79 Å². The standard InChI is InChI=1S/C15H21NO2.H2/c1-9(2)14(11(4)17)15(16)12-7-6-10(3)13(8-12)18-5;/h6-9H,16H2,1-5H3;1H/b15-14-;. The molecule has 0 aliphatic rings. The number of nitrogens with two attached hydrogens (primary N) is 1. The highest BCUT2D eigenvalue weighted by Crippen LogP contribution is 2.26. The van der Waals surface area contributed by atoms with Gasteiger partial charge in [0.2, 0.25) is 0 Å². The van der Waals surface area contributed by atoms with Crippen molar-refractivity contribution in [3.05, 3.63) is 34.9 Å². The molecule has 0 radical (unpaired) electrons. The summed E-state index contributed by atoms with van der Waals surface area (Å²) in [6, 6.07) is 5.73. The van der Waals surface area contributed by atoms with Crippen LogP contribution in [-0.2, 0) is 4.79 Å². The summed E-state index contributed by atoms with van der Waals surface area (Å²) in [5, 5.41) is 0. The molecule has 0 aliphatic carbocycles. The van der Waals surface area contributed by atoms with Gasteiger partial charge < -0.3 is 10.5 Å². The number of ether oxygens (including phenoxy) is 1. The zero-order valence-corrected chi connectivity index (χ0v) is 11.7. The van der Waals surface area contributed by atoms with Gasteiger partial charge in [0.25, 0.3) is 0 Å². The Bertz CT molecular complexity index is 493. The molecule has 0 spiro atoms. The molecule has 0 atom stereocenters. The Balaban J connectivity index is 0.00000324. The molecule has 2 N–H and O–H groups in total. The van der Waals surface area contributed by atoms with Crippen molar-refractivity contribution in [3.8, 4) is 5.75 Å². The first-order valence-electron chi connectivity index (χ1n) is 6.04. The summed E-state index contributed by atoms with van der Waals surface area (Å²) in [7, 11) is 1.63. The Labute approximate surface area is 110 Å². The van der Waals surface area contributed by atoms with E-state index < -0.39 is 0 Å². The van der Waals surface area contributed by atoms with E-state index in [4.69, 9.17) is 10.5 Å². The van der Waals surface area contributed by atoms with Crippen LogP contribution in [0.5, 0.6) is 5.75 Å². The number of Topliss-reactive ketones (excluding diaryl/α,β-unsaturated/α-hetero) is 1. The predicted molar refractivity (Wildman–Crippen MR) is 76.5 cm³/mol. The van der Waals surface area contributed by atoms with E-state index in [1.54, 1.807) is 14.0 Å². The Morgan fingerprint density at radius 3 is 2.44 bits per heavy atom. The third kappa shape index (κ3) is 2.92. The first-order valence-corrected chi connectivity index (χ1v) is 6.04. The van der Waals surface area contributed by atoms with Crippen LogP contribution < -0.4 is 10.5 Å². The minimum atomic E-state index is 0. The van der Waals surface area contributed by atoms with E-state index in [1.807, 2.05) is 39.0 Å². The number of allylic oxidation sites excluding steroid dienone is 1. The lowest BCUT2D eigenvalue weighted by Gasteiger charge is -2.14. The van der Waals surface area contributed by atoms with Gasteiger partial charge in [0.05, 0.1) is 7.11 Å². The highest BCUT2D eigenvalue weighted by atomic mass is 16.5. The number of hydrogen-bond donors (Lipinski definition) is 1. The third-order valence-electron chi connectivity index (χ3n) is 2.97. The van der Waals surface area contributed by atoms with Gasteiger partial charge in [-0.1, -0.05) is 26.0 Å². The number of hydrogen-bond acceptors (Lipinski definition) is 3. The average molecular weight is 249 g/mol. The maximum atomic E-state index is 11.7. The van der Waals surface area contributed by atoms with Crippen LogP contribution in [0.1, 0.15) is 33.3 Å². The molecule has 0 fully saturated rings. The molecule has 0 bridgehead atoms. The lowest BCUT2D eigenvalue weighted by molar-refractivity contribution is -0.113. The van der Waals surface area contributed by atoms with E-state index in [-0.39, 0.29) is 13.1 Å². The van der Waals surface area contributed by atoms with Crippen molar-refractivity contribution in [3.63, 3.8) is 0 Å². The molecule has 3 heteroatoms. The average Bonchev–Trinajstić information content (AvgIpc) is 2.28. The Morgan fingerprint density at radius 1 is 1.39 bits per heavy atom. The Morgan fingerprint density at radius 2 is 2.00 bits per heavy atom. The predicted octanol–water partition coefficient (Wildman–Crippen LogP) is 3.16. The fourth-order valence-electron chi connectivity index (χ4n) is 2.05. The summed E-state index contributed by atoms with van der Waals surface area (Å²) in [5.41, 5.74) is 9.20. The number of carbonyl (C=O) groups is 1. The van der Waals surface area contributed by atoms with Crippen LogP contribution in [-0.4, -0.2) is 12.9 Å². The molecule has 0 heterocycles. The number of rotatable bonds is 4. The minimum absolute atomic E-state index is 0. The monoisotopic (exact) mass is 249 g/mol. The SMILES string of the molecule is COc1cc(/C(N)=C(/C(C)=O)C(C)C)ccc1C.[HH]. The van der Waals surface area contributed by atoms with Gasteiger partial charge in [0.1, 0.15) is 5.75 Å². The second-order valence-electron chi connectivity index (χ2n) is 4.72. The molecular formula is C15H23NO2. The summed E-state index contributed by atoms with van der Waals surface area (Å²) < 4.78 is 5.27. The summed E-state index contributed by atoms with van der Waals surface area (Å²) in [6.45, 7) is 7.45. The molecule has 3 nitrogen and oxygen atoms in total. The summed E-state index contributed by atoms with van der Waals surface area (Å²) >= 11 is 0. The molecule has 1 rings (SSSR count). The fraction of sp³-hybridized carbons (Fsp3) is 0.400. The topological polar surface area (TPSA) is 52.3 Å². The molecule has 1 aromatic rings. The number of methoxy groups -OCH3 is 1. The highest BCUT2D eigenvalue weighted by molar-refractivity contribution is 6.01. The van der Waals surface area contributed by atoms with Crippen molar-refractivity contribution in [1.82, 2.24) is 0 Å². The molecule has 0 aliphatic heterocycles. The van der Waals surface area contributed by atoms with Gasteiger partial charge in [-0.25, -0.2) is 0 Å². The van der Waals surface area contributed by atoms with Crippen molar-refractivity contribution >= 4 is 11.5 Å². The van der Waals surface area contributed by atoms with Crippen LogP contribution in [0.2, 0.25) is 0 Å². The van der Waals surface area contributed by atoms with Crippen molar-refractivity contribution in [2.45, 2.75) is 27.7 Å². The largest absolute Gasteiger partial charge is 0.496 e. The second kappa shape index (κ2) is 5.71. The first-order chi connectivity index (χ1) is 8.38. The van der Waals surface area contributed by atoms with Crippen LogP contribution >= 0.6 is 0 Å². The number of aryl methyl sites for hydroxylation is 1. The van der Waals surface area contributed by atoms with Crippen LogP contribution in [0.3, 0.4) is 0 Å². The van der Waals surface area contributed by atoms with E-state index in [2.05, 4.69) is 0 Å². The Kier molecular flexibility index (Phi) is 4.54. The van der Waals surface area contributed by atoms with Gasteiger partial charge in [0, 0.05) is 18.3 Å². The van der Waals surface area contributed by atoms with Crippen LogP contribution in [0, 0.1) is 12.8 Å². The Hall–Kier alpha value is -1.77. The van der Waals surface area contributed by atoms with Gasteiger partial charge >= 0.3 is 0 Å². The molecule has 0 saturated carbocycles. The highest BCUT2D eigenvalue weighted by Gasteiger charge is 2.15. The molecule has 0 saturated heterocycles. The van der Waals surface area contributed by atoms with Crippen molar-refractivity contribution < 1.29 is 11.0 Å². The van der Waals surface area contributed by atoms with Gasteiger partial charge in [0.15, 0.2) is 5.78 Å². The summed E-state index contributed by atoms with van der Waals surface area (Å²) in [4.78, 5) is 11.7. The van der Waals surface area contributed by atoms with Crippen LogP contribution in [0.25, 0.3) is 5.70 Å². The molecule has 18 heavy (non-hydrogen) atoms. The molecule has 0 unspecified atom stereocenters. The lowest BCUT2D eigenvalue weighted by atomic mass is 9.94. The zero-order chi connectivity index (χ0) is 13.9. The quantitative estimate of drug-likeness (QED) is 0.834. The van der Waals surface area contributed by atoms with E-state index in [1.165, 1.54) is 0 Å². The normalized spacial score (nSPS) is 12.3. The maximum absolute atomic E-state index is 11.7. The van der Waals surface area contributed by atoms with E-state index in [0.29, 0.717) is 11.3 Å². The lowest BCUT2D eigenvalue weighted by Crippen LogP contribution is -2.12. The van der Waals surface area contributed by atoms with Crippen LogP contribution in [0.15, 0.2) is 23.8 Å². The van der Waals surface area contributed by atoms with Crippen molar-refractivity contribution in [2.24, 2.45) is 11.7 Å². The van der Waals surface area contributed by atoms with Gasteiger partial charge in [-0.2, -0.15) is 0 Å². The number of carbonyl (C=O) groups excluding carboxylic acids is 1. The molecule has 0 amide bonds. The summed E-state index contributed by atoms with van der Waals surface area (Å²) in [5.74, 6) is 0.902. The van der Waals surface area contributed by atoms with E-state index in [0.717, 1.165) is 16.9 Å². The van der Waals surface area contributed by atoms with Crippen LogP contribution in [0.4, 0.5) is 0 Å². The van der Waals surface area contributed by atoms with Crippen molar-refractivity contribution in [2.75, 3.05) is 7.11 Å². The fourth-order valence-corrected chi connectivity index (χ4v) is 2.05. The van der Waals surface area contributed by atoms with E-state index >= 15 is 0 Å². The molecule has 100 valence electrons. The smallest absolute Gasteiger partial charge is 0.158 e. The second-order valence-corrected chi connectivity index (χ2v) is 4.72. The minimum Gasteiger partial charge on any atom is -0.496 e. The molecule has 0 aromatic heterocycles. The van der Waals surface area contributed by atoms with Gasteiger partial charge in [-0.15, -0.1) is 0 Å². The molecule has 1 aromatic carbocycles.